The number of benzene rings is 2. The molecule has 3 rings (SSSR count). The highest BCUT2D eigenvalue weighted by molar-refractivity contribution is 5.82. The van der Waals surface area contributed by atoms with Gasteiger partial charge in [-0.15, -0.1) is 0 Å². The first-order chi connectivity index (χ1) is 15.3. The van der Waals surface area contributed by atoms with Gasteiger partial charge in [0.25, 0.3) is 0 Å². The lowest BCUT2D eigenvalue weighted by Gasteiger charge is -2.25. The Morgan fingerprint density at radius 2 is 1.94 bits per heavy atom. The quantitative estimate of drug-likeness (QED) is 0.478. The average molecular weight is 444 g/mol. The molecule has 0 atom stereocenters. The third-order valence-corrected chi connectivity index (χ3v) is 5.65. The minimum Gasteiger partial charge on any atom is -0.496 e. The van der Waals surface area contributed by atoms with Gasteiger partial charge >= 0.3 is 6.18 Å². The maximum Gasteiger partial charge on any atom is 0.416 e. The van der Waals surface area contributed by atoms with E-state index >= 15 is 0 Å². The number of halogens is 3. The molecule has 170 valence electrons. The van der Waals surface area contributed by atoms with E-state index in [4.69, 9.17) is 10.00 Å². The highest BCUT2D eigenvalue weighted by Gasteiger charge is 2.35. The summed E-state index contributed by atoms with van der Waals surface area (Å²) < 4.78 is 46.0. The SMILES string of the molecule is CCCCN(Cc1cc(C(F)(F)F)ccc1-c1cc(CC#N)ccc1OC)C(=O)C1CC1. The van der Waals surface area contributed by atoms with E-state index in [2.05, 4.69) is 6.07 Å². The molecule has 0 aliphatic heterocycles. The number of methoxy groups -OCH3 is 1. The molecule has 7 heteroatoms. The molecule has 1 saturated carbocycles. The zero-order valence-electron chi connectivity index (χ0n) is 18.3. The van der Waals surface area contributed by atoms with Crippen LogP contribution in [0.5, 0.6) is 5.75 Å². The molecule has 0 unspecified atom stereocenters. The molecule has 1 amide bonds. The summed E-state index contributed by atoms with van der Waals surface area (Å²) in [6, 6.07) is 11.0. The van der Waals surface area contributed by atoms with Gasteiger partial charge in [0.15, 0.2) is 0 Å². The monoisotopic (exact) mass is 444 g/mol. The second kappa shape index (κ2) is 10.1. The van der Waals surface area contributed by atoms with Gasteiger partial charge in [0.05, 0.1) is 25.2 Å². The maximum atomic E-state index is 13.5. The number of nitriles is 1. The zero-order valence-corrected chi connectivity index (χ0v) is 18.3. The molecule has 0 bridgehead atoms. The van der Waals surface area contributed by atoms with Crippen molar-refractivity contribution in [2.24, 2.45) is 5.92 Å². The van der Waals surface area contributed by atoms with Crippen molar-refractivity contribution in [3.63, 3.8) is 0 Å². The Hall–Kier alpha value is -3.01. The Morgan fingerprint density at radius 1 is 1.19 bits per heavy atom. The van der Waals surface area contributed by atoms with Gasteiger partial charge < -0.3 is 9.64 Å². The molecule has 1 aliphatic carbocycles. The molecule has 2 aromatic rings. The molecule has 2 aromatic carbocycles. The fourth-order valence-corrected chi connectivity index (χ4v) is 3.74. The van der Waals surface area contributed by atoms with Crippen molar-refractivity contribution in [1.29, 1.82) is 5.26 Å². The van der Waals surface area contributed by atoms with Crippen molar-refractivity contribution in [1.82, 2.24) is 4.90 Å². The van der Waals surface area contributed by atoms with Crippen LogP contribution < -0.4 is 4.74 Å². The minimum atomic E-state index is -4.49. The van der Waals surface area contributed by atoms with Gasteiger partial charge in [-0.2, -0.15) is 18.4 Å². The van der Waals surface area contributed by atoms with E-state index in [0.717, 1.165) is 43.4 Å². The molecular weight excluding hydrogens is 417 g/mol. The molecule has 4 nitrogen and oxygen atoms in total. The molecule has 32 heavy (non-hydrogen) atoms. The van der Waals surface area contributed by atoms with Crippen molar-refractivity contribution < 1.29 is 22.7 Å². The predicted octanol–water partition coefficient (Wildman–Crippen LogP) is 5.99. The molecule has 0 heterocycles. The summed E-state index contributed by atoms with van der Waals surface area (Å²) in [5.41, 5.74) is 1.58. The van der Waals surface area contributed by atoms with Crippen LogP contribution in [0.25, 0.3) is 11.1 Å². The van der Waals surface area contributed by atoms with Crippen molar-refractivity contribution >= 4 is 5.91 Å². The second-order valence-corrected chi connectivity index (χ2v) is 8.13. The molecule has 1 aliphatic rings. The zero-order chi connectivity index (χ0) is 23.3. The van der Waals surface area contributed by atoms with Crippen LogP contribution in [0.4, 0.5) is 13.2 Å². The molecule has 0 spiro atoms. The third-order valence-electron chi connectivity index (χ3n) is 5.65. The standard InChI is InChI=1S/C25H27F3N2O2/c1-3-4-13-30(24(31)18-6-7-18)16-19-15-20(25(26,27)28)8-9-21(19)22-14-17(11-12-29)5-10-23(22)32-2/h5,8-10,14-15,18H,3-4,6-7,11,13,16H2,1-2H3. The lowest BCUT2D eigenvalue weighted by molar-refractivity contribution is -0.137. The van der Waals surface area contributed by atoms with Crippen LogP contribution in [0.15, 0.2) is 36.4 Å². The van der Waals surface area contributed by atoms with Crippen LogP contribution in [0.2, 0.25) is 0 Å². The lowest BCUT2D eigenvalue weighted by Crippen LogP contribution is -2.33. The fraction of sp³-hybridized carbons (Fsp3) is 0.440. The molecule has 0 N–H and O–H groups in total. The van der Waals surface area contributed by atoms with E-state index in [-0.39, 0.29) is 24.8 Å². The number of nitrogens with zero attached hydrogens (tertiary/aromatic N) is 2. The number of hydrogen-bond donors (Lipinski definition) is 0. The third kappa shape index (κ3) is 5.61. The van der Waals surface area contributed by atoms with Crippen molar-refractivity contribution in [3.8, 4) is 22.9 Å². The van der Waals surface area contributed by atoms with Crippen LogP contribution in [-0.4, -0.2) is 24.5 Å². The van der Waals surface area contributed by atoms with Gasteiger partial charge in [0.1, 0.15) is 5.75 Å². The number of ether oxygens (including phenoxy) is 1. The van der Waals surface area contributed by atoms with Crippen molar-refractivity contribution in [2.75, 3.05) is 13.7 Å². The van der Waals surface area contributed by atoms with E-state index in [1.165, 1.54) is 13.2 Å². The van der Waals surface area contributed by atoms with Gasteiger partial charge in [-0.05, 0) is 60.2 Å². The largest absolute Gasteiger partial charge is 0.496 e. The molecule has 1 fully saturated rings. The van der Waals surface area contributed by atoms with Gasteiger partial charge in [0, 0.05) is 24.6 Å². The summed E-state index contributed by atoms with van der Waals surface area (Å²) in [7, 11) is 1.50. The van der Waals surface area contributed by atoms with Crippen LogP contribution in [0.3, 0.4) is 0 Å². The minimum absolute atomic E-state index is 0.00649. The number of hydrogen-bond acceptors (Lipinski definition) is 3. The fourth-order valence-electron chi connectivity index (χ4n) is 3.74. The van der Waals surface area contributed by atoms with Gasteiger partial charge in [0.2, 0.25) is 5.91 Å². The first-order valence-corrected chi connectivity index (χ1v) is 10.8. The molecular formula is C25H27F3N2O2. The van der Waals surface area contributed by atoms with Crippen molar-refractivity contribution in [3.05, 3.63) is 53.1 Å². The maximum absolute atomic E-state index is 13.5. The van der Waals surface area contributed by atoms with Gasteiger partial charge in [-0.25, -0.2) is 0 Å². The van der Waals surface area contributed by atoms with Crippen LogP contribution in [0, 0.1) is 17.2 Å². The summed E-state index contributed by atoms with van der Waals surface area (Å²) in [4.78, 5) is 14.5. The number of amides is 1. The summed E-state index contributed by atoms with van der Waals surface area (Å²) in [6.45, 7) is 2.62. The van der Waals surface area contributed by atoms with Crippen LogP contribution in [-0.2, 0) is 23.9 Å². The summed E-state index contributed by atoms with van der Waals surface area (Å²) in [6.07, 6.45) is -0.978. The Balaban J connectivity index is 2.10. The summed E-state index contributed by atoms with van der Waals surface area (Å²) in [5.74, 6) is 0.489. The normalized spacial score (nSPS) is 13.5. The van der Waals surface area contributed by atoms with E-state index < -0.39 is 11.7 Å². The summed E-state index contributed by atoms with van der Waals surface area (Å²) >= 11 is 0. The van der Waals surface area contributed by atoms with Crippen LogP contribution in [0.1, 0.15) is 49.3 Å². The van der Waals surface area contributed by atoms with Gasteiger partial charge in [-0.3, -0.25) is 4.79 Å². The number of alkyl halides is 3. The Morgan fingerprint density at radius 3 is 2.53 bits per heavy atom. The highest BCUT2D eigenvalue weighted by Crippen LogP contribution is 2.39. The second-order valence-electron chi connectivity index (χ2n) is 8.13. The average Bonchev–Trinajstić information content (AvgIpc) is 3.61. The summed E-state index contributed by atoms with van der Waals surface area (Å²) in [5, 5.41) is 9.06. The molecule has 0 radical (unpaired) electrons. The van der Waals surface area contributed by atoms with E-state index in [1.54, 1.807) is 23.1 Å². The van der Waals surface area contributed by atoms with E-state index in [9.17, 15) is 18.0 Å². The number of carbonyl (C=O) groups is 1. The van der Waals surface area contributed by atoms with Gasteiger partial charge in [-0.1, -0.05) is 25.5 Å². The van der Waals surface area contributed by atoms with Crippen LogP contribution >= 0.6 is 0 Å². The smallest absolute Gasteiger partial charge is 0.416 e. The first kappa shape index (κ1) is 23.6. The Kier molecular flexibility index (Phi) is 7.44. The first-order valence-electron chi connectivity index (χ1n) is 10.8. The number of unbranched alkanes of at least 4 members (excludes halogenated alkanes) is 1. The molecule has 0 saturated heterocycles. The Labute approximate surface area is 186 Å². The predicted molar refractivity (Wildman–Crippen MR) is 116 cm³/mol. The Bertz CT molecular complexity index is 1010. The van der Waals surface area contributed by atoms with Crippen molar-refractivity contribution in [2.45, 2.75) is 51.7 Å². The number of rotatable bonds is 9. The van der Waals surface area contributed by atoms with E-state index in [0.29, 0.717) is 29.0 Å². The number of carbonyl (C=O) groups excluding carboxylic acids is 1. The topological polar surface area (TPSA) is 53.3 Å². The lowest BCUT2D eigenvalue weighted by atomic mass is 9.94. The molecule has 0 aromatic heterocycles. The highest BCUT2D eigenvalue weighted by atomic mass is 19.4. The van der Waals surface area contributed by atoms with E-state index in [1.807, 2.05) is 6.92 Å².